The summed E-state index contributed by atoms with van der Waals surface area (Å²) in [5, 5.41) is 2.32. The Bertz CT molecular complexity index is 829. The van der Waals surface area contributed by atoms with E-state index in [-0.39, 0.29) is 18.2 Å². The molecule has 3 saturated carbocycles. The molecule has 4 bridgehead atoms. The number of benzene rings is 1. The summed E-state index contributed by atoms with van der Waals surface area (Å²) >= 11 is 0. The van der Waals surface area contributed by atoms with Gasteiger partial charge in [0.2, 0.25) is 5.91 Å². The van der Waals surface area contributed by atoms with Crippen LogP contribution in [0.15, 0.2) is 24.3 Å². The molecular formula is C25H34N2O5. The minimum absolute atomic E-state index is 0.184. The summed E-state index contributed by atoms with van der Waals surface area (Å²) < 4.78 is 5.22. The van der Waals surface area contributed by atoms with Gasteiger partial charge in [-0.05, 0) is 106 Å². The Kier molecular flexibility index (Phi) is 6.12. The SMILES string of the molecule is NC(=O)CNC(=O)Oc1ccc([C@@H]2CCC[C@]3(CC4CC5CC(C4)CC(C5)OO3)C2)cc1. The number of fused-ring (bicyclic) bond motifs is 1. The molecule has 0 aromatic heterocycles. The molecule has 2 amide bonds. The number of nitrogens with one attached hydrogen (secondary N) is 1. The van der Waals surface area contributed by atoms with E-state index in [0.717, 1.165) is 49.9 Å². The molecule has 0 radical (unpaired) electrons. The maximum Gasteiger partial charge on any atom is 0.413 e. The minimum Gasteiger partial charge on any atom is -0.410 e. The highest BCUT2D eigenvalue weighted by molar-refractivity contribution is 5.81. The quantitative estimate of drug-likeness (QED) is 0.681. The van der Waals surface area contributed by atoms with E-state index in [9.17, 15) is 9.59 Å². The fraction of sp³-hybridized carbons (Fsp3) is 0.680. The molecule has 3 N–H and O–H groups in total. The van der Waals surface area contributed by atoms with Crippen molar-refractivity contribution in [1.82, 2.24) is 5.32 Å². The lowest BCUT2D eigenvalue weighted by Gasteiger charge is -2.43. The number of ether oxygens (including phenoxy) is 1. The van der Waals surface area contributed by atoms with Crippen molar-refractivity contribution in [3.8, 4) is 5.75 Å². The minimum atomic E-state index is -0.687. The van der Waals surface area contributed by atoms with Crippen molar-refractivity contribution in [2.75, 3.05) is 6.54 Å². The first-order valence-electron chi connectivity index (χ1n) is 12.1. The fourth-order valence-electron chi connectivity index (χ4n) is 6.88. The van der Waals surface area contributed by atoms with Crippen molar-refractivity contribution >= 4 is 12.0 Å². The highest BCUT2D eigenvalue weighted by Crippen LogP contribution is 2.52. The smallest absolute Gasteiger partial charge is 0.410 e. The molecule has 2 saturated heterocycles. The molecule has 7 nitrogen and oxygen atoms in total. The van der Waals surface area contributed by atoms with Crippen LogP contribution in [0, 0.1) is 17.8 Å². The highest BCUT2D eigenvalue weighted by atomic mass is 17.2. The van der Waals surface area contributed by atoms with E-state index in [1.54, 1.807) is 0 Å². The summed E-state index contributed by atoms with van der Waals surface area (Å²) in [6, 6.07) is 7.68. The molecular weight excluding hydrogens is 408 g/mol. The lowest BCUT2D eigenvalue weighted by atomic mass is 9.63. The summed E-state index contributed by atoms with van der Waals surface area (Å²) in [7, 11) is 0. The van der Waals surface area contributed by atoms with Crippen LogP contribution in [-0.4, -0.2) is 30.3 Å². The Morgan fingerprint density at radius 3 is 2.47 bits per heavy atom. The van der Waals surface area contributed by atoms with Crippen molar-refractivity contribution < 1.29 is 24.1 Å². The number of hydrogen-bond acceptors (Lipinski definition) is 5. The number of nitrogens with two attached hydrogens (primary N) is 1. The van der Waals surface area contributed by atoms with Crippen LogP contribution >= 0.6 is 0 Å². The summed E-state index contributed by atoms with van der Waals surface area (Å²) in [5.41, 5.74) is 6.09. The van der Waals surface area contributed by atoms with Gasteiger partial charge in [0.05, 0.1) is 12.6 Å². The van der Waals surface area contributed by atoms with Gasteiger partial charge in [-0.15, -0.1) is 0 Å². The molecule has 5 aliphatic rings. The molecule has 2 unspecified atom stereocenters. The highest BCUT2D eigenvalue weighted by Gasteiger charge is 2.47. The van der Waals surface area contributed by atoms with Crippen LogP contribution < -0.4 is 15.8 Å². The second-order valence-electron chi connectivity index (χ2n) is 10.5. The van der Waals surface area contributed by atoms with Crippen LogP contribution in [0.25, 0.3) is 0 Å². The largest absolute Gasteiger partial charge is 0.413 e. The summed E-state index contributed by atoms with van der Waals surface area (Å²) in [6.07, 6.45) is 11.4. The van der Waals surface area contributed by atoms with Crippen molar-refractivity contribution in [2.24, 2.45) is 23.5 Å². The Balaban J connectivity index is 1.24. The molecule has 7 heteroatoms. The zero-order chi connectivity index (χ0) is 22.1. The van der Waals surface area contributed by atoms with Crippen LogP contribution in [0.5, 0.6) is 5.75 Å². The Hall–Kier alpha value is -2.12. The van der Waals surface area contributed by atoms with Gasteiger partial charge in [0, 0.05) is 0 Å². The number of hydrogen-bond donors (Lipinski definition) is 2. The second kappa shape index (κ2) is 9.02. The van der Waals surface area contributed by atoms with E-state index in [4.69, 9.17) is 20.2 Å². The van der Waals surface area contributed by atoms with E-state index in [1.165, 1.54) is 37.7 Å². The summed E-state index contributed by atoms with van der Waals surface area (Å²) in [5.74, 6) is 2.64. The average Bonchev–Trinajstić information content (AvgIpc) is 2.83. The number of carbonyl (C=O) groups is 2. The molecule has 4 atom stereocenters. The average molecular weight is 443 g/mol. The molecule has 1 aromatic rings. The van der Waals surface area contributed by atoms with Crippen LogP contribution in [-0.2, 0) is 14.6 Å². The first kappa shape index (κ1) is 21.7. The van der Waals surface area contributed by atoms with E-state index < -0.39 is 12.0 Å². The molecule has 3 aliphatic carbocycles. The number of rotatable bonds is 4. The third kappa shape index (κ3) is 4.94. The third-order valence-corrected chi connectivity index (χ3v) is 7.99. The normalized spacial score (nSPS) is 36.2. The van der Waals surface area contributed by atoms with Gasteiger partial charge in [-0.25, -0.2) is 14.6 Å². The molecule has 1 aromatic carbocycles. The van der Waals surface area contributed by atoms with E-state index in [0.29, 0.717) is 11.7 Å². The third-order valence-electron chi connectivity index (χ3n) is 7.99. The Morgan fingerprint density at radius 1 is 1.03 bits per heavy atom. The molecule has 1 spiro atoms. The number of carbonyl (C=O) groups excluding carboxylic acids is 2. The van der Waals surface area contributed by atoms with Gasteiger partial charge < -0.3 is 15.8 Å². The molecule has 32 heavy (non-hydrogen) atoms. The first-order valence-corrected chi connectivity index (χ1v) is 12.1. The van der Waals surface area contributed by atoms with Crippen molar-refractivity contribution in [3.05, 3.63) is 29.8 Å². The van der Waals surface area contributed by atoms with Crippen LogP contribution in [0.1, 0.15) is 75.7 Å². The summed E-state index contributed by atoms with van der Waals surface area (Å²) in [4.78, 5) is 35.0. The maximum atomic E-state index is 11.7. The maximum absolute atomic E-state index is 11.7. The Labute approximate surface area is 189 Å². The van der Waals surface area contributed by atoms with Gasteiger partial charge in [0.25, 0.3) is 0 Å². The molecule has 174 valence electrons. The van der Waals surface area contributed by atoms with E-state index >= 15 is 0 Å². The van der Waals surface area contributed by atoms with Gasteiger partial charge in [-0.3, -0.25) is 4.79 Å². The zero-order valence-electron chi connectivity index (χ0n) is 18.6. The molecule has 6 rings (SSSR count). The van der Waals surface area contributed by atoms with Gasteiger partial charge in [0.1, 0.15) is 11.4 Å². The van der Waals surface area contributed by atoms with Crippen LogP contribution in [0.3, 0.4) is 0 Å². The van der Waals surface area contributed by atoms with E-state index in [1.807, 2.05) is 24.3 Å². The predicted octanol–water partition coefficient (Wildman–Crippen LogP) is 4.20. The topological polar surface area (TPSA) is 99.9 Å². The molecule has 5 fully saturated rings. The lowest BCUT2D eigenvalue weighted by Crippen LogP contribution is -2.40. The van der Waals surface area contributed by atoms with Crippen molar-refractivity contribution in [1.29, 1.82) is 0 Å². The van der Waals surface area contributed by atoms with Crippen molar-refractivity contribution in [2.45, 2.75) is 81.8 Å². The van der Waals surface area contributed by atoms with E-state index in [2.05, 4.69) is 5.32 Å². The molecule has 2 heterocycles. The lowest BCUT2D eigenvalue weighted by molar-refractivity contribution is -0.394. The number of amides is 2. The first-order chi connectivity index (χ1) is 15.5. The van der Waals surface area contributed by atoms with Gasteiger partial charge >= 0.3 is 6.09 Å². The monoisotopic (exact) mass is 442 g/mol. The fourth-order valence-corrected chi connectivity index (χ4v) is 6.88. The summed E-state index contributed by atoms with van der Waals surface area (Å²) in [6.45, 7) is -0.244. The predicted molar refractivity (Wildman–Crippen MR) is 118 cm³/mol. The van der Waals surface area contributed by atoms with Crippen LogP contribution in [0.2, 0.25) is 0 Å². The Morgan fingerprint density at radius 2 is 1.75 bits per heavy atom. The van der Waals surface area contributed by atoms with Gasteiger partial charge in [-0.2, -0.15) is 0 Å². The number of primary amides is 1. The molecule has 2 aliphatic heterocycles. The van der Waals surface area contributed by atoms with Gasteiger partial charge in [-0.1, -0.05) is 12.1 Å². The van der Waals surface area contributed by atoms with Gasteiger partial charge in [0.15, 0.2) is 0 Å². The second-order valence-corrected chi connectivity index (χ2v) is 10.5. The standard InChI is InChI=1S/C25H34N2O5/c26-23(28)15-27-24(29)30-21-5-3-19(4-6-21)20-2-1-7-25(14-20)13-18-9-16-8-17(10-18)12-22(11-16)31-32-25/h3-6,16-18,20,22H,1-2,7-15H2,(H2,26,28)(H,27,29)/t16?,17?,18?,20-,22?,25+/m1/s1. The van der Waals surface area contributed by atoms with Crippen LogP contribution in [0.4, 0.5) is 4.79 Å². The van der Waals surface area contributed by atoms with Crippen molar-refractivity contribution in [3.63, 3.8) is 0 Å². The zero-order valence-corrected chi connectivity index (χ0v) is 18.6.